The maximum atomic E-state index is 10.4. The lowest BCUT2D eigenvalue weighted by Crippen LogP contribution is -2.19. The van der Waals surface area contributed by atoms with E-state index >= 15 is 0 Å². The first-order chi connectivity index (χ1) is 7.24. The smallest absolute Gasteiger partial charge is 0.305 e. The highest BCUT2D eigenvalue weighted by Crippen LogP contribution is 2.03. The maximum Gasteiger partial charge on any atom is 0.305 e. The van der Waals surface area contributed by atoms with Crippen molar-refractivity contribution in [3.63, 3.8) is 0 Å². The third kappa shape index (κ3) is 4.14. The molecule has 0 amide bonds. The van der Waals surface area contributed by atoms with Crippen LogP contribution in [0.15, 0.2) is 18.3 Å². The van der Waals surface area contributed by atoms with Crippen molar-refractivity contribution in [3.05, 3.63) is 24.0 Å². The van der Waals surface area contributed by atoms with Crippen molar-refractivity contribution in [1.82, 2.24) is 9.88 Å². The van der Waals surface area contributed by atoms with E-state index in [-0.39, 0.29) is 13.0 Å². The first-order valence-corrected chi connectivity index (χ1v) is 4.91. The number of hydrogen-bond acceptors (Lipinski definition) is 3. The van der Waals surface area contributed by atoms with Crippen LogP contribution in [0.5, 0.6) is 0 Å². The van der Waals surface area contributed by atoms with Gasteiger partial charge in [-0.3, -0.25) is 4.79 Å². The molecule has 0 unspecified atom stereocenters. The molecule has 0 radical (unpaired) electrons. The first-order valence-electron chi connectivity index (χ1n) is 4.91. The molecule has 1 rings (SSSR count). The average Bonchev–Trinajstić information content (AvgIpc) is 2.63. The number of rotatable bonds is 7. The second-order valence-electron chi connectivity index (χ2n) is 3.24. The summed E-state index contributed by atoms with van der Waals surface area (Å²) in [6.45, 7) is 1.78. The van der Waals surface area contributed by atoms with Crippen LogP contribution in [0.1, 0.15) is 12.1 Å². The number of carboxylic acids is 1. The SMILES string of the molecule is O=C(O)CCn1cccc1CNCCO. The number of nitrogens with zero attached hydrogens (tertiary/aromatic N) is 1. The minimum Gasteiger partial charge on any atom is -0.481 e. The molecule has 0 aliphatic heterocycles. The Balaban J connectivity index is 2.42. The molecular weight excluding hydrogens is 196 g/mol. The summed E-state index contributed by atoms with van der Waals surface area (Å²) in [5, 5.41) is 20.2. The summed E-state index contributed by atoms with van der Waals surface area (Å²) in [6, 6.07) is 3.82. The molecule has 0 spiro atoms. The molecule has 15 heavy (non-hydrogen) atoms. The van der Waals surface area contributed by atoms with E-state index in [2.05, 4.69) is 5.32 Å². The standard InChI is InChI=1S/C10H16N2O3/c13-7-4-11-8-9-2-1-5-12(9)6-3-10(14)15/h1-2,5,11,13H,3-4,6-8H2,(H,14,15). The Morgan fingerprint density at radius 3 is 3.00 bits per heavy atom. The summed E-state index contributed by atoms with van der Waals surface area (Å²) in [6.07, 6.45) is 1.99. The van der Waals surface area contributed by atoms with E-state index in [1.807, 2.05) is 22.9 Å². The van der Waals surface area contributed by atoms with Crippen LogP contribution in [-0.2, 0) is 17.9 Å². The molecule has 1 aromatic rings. The number of aliphatic carboxylic acids is 1. The van der Waals surface area contributed by atoms with Gasteiger partial charge in [0.2, 0.25) is 0 Å². The van der Waals surface area contributed by atoms with Gasteiger partial charge in [-0.25, -0.2) is 0 Å². The number of aliphatic hydroxyl groups is 1. The molecule has 0 fully saturated rings. The molecule has 0 aliphatic rings. The van der Waals surface area contributed by atoms with Gasteiger partial charge in [0.1, 0.15) is 0 Å². The summed E-state index contributed by atoms with van der Waals surface area (Å²) in [4.78, 5) is 10.4. The number of carbonyl (C=O) groups is 1. The Bertz CT molecular complexity index is 309. The second kappa shape index (κ2) is 6.21. The Hall–Kier alpha value is -1.33. The predicted molar refractivity (Wildman–Crippen MR) is 55.5 cm³/mol. The number of aliphatic hydroxyl groups excluding tert-OH is 1. The zero-order valence-corrected chi connectivity index (χ0v) is 8.52. The zero-order chi connectivity index (χ0) is 11.1. The van der Waals surface area contributed by atoms with Crippen molar-refractivity contribution >= 4 is 5.97 Å². The van der Waals surface area contributed by atoms with Crippen molar-refractivity contribution in [1.29, 1.82) is 0 Å². The number of aryl methyl sites for hydroxylation is 1. The fraction of sp³-hybridized carbons (Fsp3) is 0.500. The van der Waals surface area contributed by atoms with Crippen molar-refractivity contribution in [2.45, 2.75) is 19.5 Å². The van der Waals surface area contributed by atoms with Crippen LogP contribution in [0, 0.1) is 0 Å². The van der Waals surface area contributed by atoms with Crippen molar-refractivity contribution in [2.24, 2.45) is 0 Å². The van der Waals surface area contributed by atoms with Crippen LogP contribution in [-0.4, -0.2) is 33.9 Å². The largest absolute Gasteiger partial charge is 0.481 e. The van der Waals surface area contributed by atoms with Gasteiger partial charge < -0.3 is 20.1 Å². The molecule has 5 nitrogen and oxygen atoms in total. The van der Waals surface area contributed by atoms with E-state index in [0.717, 1.165) is 5.69 Å². The lowest BCUT2D eigenvalue weighted by Gasteiger charge is -2.08. The Morgan fingerprint density at radius 2 is 2.33 bits per heavy atom. The molecule has 1 heterocycles. The van der Waals surface area contributed by atoms with Crippen LogP contribution in [0.3, 0.4) is 0 Å². The monoisotopic (exact) mass is 212 g/mol. The van der Waals surface area contributed by atoms with Gasteiger partial charge in [-0.1, -0.05) is 0 Å². The Kier molecular flexibility index (Phi) is 4.86. The van der Waals surface area contributed by atoms with E-state index in [0.29, 0.717) is 19.6 Å². The van der Waals surface area contributed by atoms with E-state index < -0.39 is 5.97 Å². The molecule has 0 aliphatic carbocycles. The van der Waals surface area contributed by atoms with Gasteiger partial charge in [-0.05, 0) is 12.1 Å². The predicted octanol–water partition coefficient (Wildman–Crippen LogP) is 0.0447. The van der Waals surface area contributed by atoms with Gasteiger partial charge >= 0.3 is 5.97 Å². The van der Waals surface area contributed by atoms with Crippen LogP contribution in [0.2, 0.25) is 0 Å². The fourth-order valence-electron chi connectivity index (χ4n) is 1.34. The number of hydrogen-bond donors (Lipinski definition) is 3. The van der Waals surface area contributed by atoms with Gasteiger partial charge in [0.05, 0.1) is 13.0 Å². The third-order valence-corrected chi connectivity index (χ3v) is 2.08. The average molecular weight is 212 g/mol. The summed E-state index contributed by atoms with van der Waals surface area (Å²) >= 11 is 0. The zero-order valence-electron chi connectivity index (χ0n) is 8.52. The van der Waals surface area contributed by atoms with Crippen molar-refractivity contribution < 1.29 is 15.0 Å². The van der Waals surface area contributed by atoms with Crippen molar-refractivity contribution in [3.8, 4) is 0 Å². The minimum absolute atomic E-state index is 0.107. The summed E-state index contributed by atoms with van der Waals surface area (Å²) in [7, 11) is 0. The van der Waals surface area contributed by atoms with Crippen LogP contribution >= 0.6 is 0 Å². The van der Waals surface area contributed by atoms with Gasteiger partial charge in [-0.15, -0.1) is 0 Å². The van der Waals surface area contributed by atoms with Crippen LogP contribution < -0.4 is 5.32 Å². The molecule has 1 aromatic heterocycles. The minimum atomic E-state index is -0.794. The van der Waals surface area contributed by atoms with Crippen LogP contribution in [0.4, 0.5) is 0 Å². The summed E-state index contributed by atoms with van der Waals surface area (Å²) < 4.78 is 1.90. The van der Waals surface area contributed by atoms with E-state index in [4.69, 9.17) is 10.2 Å². The third-order valence-electron chi connectivity index (χ3n) is 2.08. The number of aromatic nitrogens is 1. The lowest BCUT2D eigenvalue weighted by molar-refractivity contribution is -0.137. The molecule has 0 saturated heterocycles. The highest BCUT2D eigenvalue weighted by molar-refractivity contribution is 5.66. The van der Waals surface area contributed by atoms with Crippen LogP contribution in [0.25, 0.3) is 0 Å². The molecule has 0 aromatic carbocycles. The van der Waals surface area contributed by atoms with Gasteiger partial charge in [0.15, 0.2) is 0 Å². The molecular formula is C10H16N2O3. The van der Waals surface area contributed by atoms with Gasteiger partial charge in [0, 0.05) is 31.5 Å². The lowest BCUT2D eigenvalue weighted by atomic mass is 10.4. The molecule has 3 N–H and O–H groups in total. The number of nitrogens with one attached hydrogen (secondary N) is 1. The quantitative estimate of drug-likeness (QED) is 0.558. The van der Waals surface area contributed by atoms with E-state index in [1.54, 1.807) is 0 Å². The molecule has 0 bridgehead atoms. The Morgan fingerprint density at radius 1 is 1.53 bits per heavy atom. The van der Waals surface area contributed by atoms with E-state index in [1.165, 1.54) is 0 Å². The molecule has 5 heteroatoms. The van der Waals surface area contributed by atoms with Gasteiger partial charge in [-0.2, -0.15) is 0 Å². The highest BCUT2D eigenvalue weighted by atomic mass is 16.4. The molecule has 0 atom stereocenters. The summed E-state index contributed by atoms with van der Waals surface area (Å²) in [5.74, 6) is -0.794. The molecule has 84 valence electrons. The topological polar surface area (TPSA) is 74.5 Å². The van der Waals surface area contributed by atoms with Crippen molar-refractivity contribution in [2.75, 3.05) is 13.2 Å². The normalized spacial score (nSPS) is 10.5. The second-order valence-corrected chi connectivity index (χ2v) is 3.24. The molecule has 0 saturated carbocycles. The number of carboxylic acid groups (broad SMARTS) is 1. The van der Waals surface area contributed by atoms with Gasteiger partial charge in [0.25, 0.3) is 0 Å². The Labute approximate surface area is 88.3 Å². The highest BCUT2D eigenvalue weighted by Gasteiger charge is 2.02. The summed E-state index contributed by atoms with van der Waals surface area (Å²) in [5.41, 5.74) is 1.03. The maximum absolute atomic E-state index is 10.4. The fourth-order valence-corrected chi connectivity index (χ4v) is 1.34. The first kappa shape index (κ1) is 11.7. The van der Waals surface area contributed by atoms with E-state index in [9.17, 15) is 4.79 Å².